The summed E-state index contributed by atoms with van der Waals surface area (Å²) in [5.74, 6) is 2.32. The minimum atomic E-state index is -0.0744. The Labute approximate surface area is 163 Å². The van der Waals surface area contributed by atoms with E-state index in [1.165, 1.54) is 0 Å². The lowest BCUT2D eigenvalue weighted by Crippen LogP contribution is -2.11. The van der Waals surface area contributed by atoms with Gasteiger partial charge in [0.05, 0.1) is 19.3 Å². The second kappa shape index (κ2) is 9.55. The van der Waals surface area contributed by atoms with Crippen LogP contribution in [0.25, 0.3) is 11.4 Å². The number of para-hydroxylation sites is 1. The van der Waals surface area contributed by atoms with Gasteiger partial charge in [0.2, 0.25) is 17.6 Å². The van der Waals surface area contributed by atoms with Crippen LogP contribution in [0.3, 0.4) is 0 Å². The van der Waals surface area contributed by atoms with Crippen molar-refractivity contribution in [3.63, 3.8) is 0 Å². The molecule has 28 heavy (non-hydrogen) atoms. The Morgan fingerprint density at radius 2 is 2.04 bits per heavy atom. The number of methoxy groups -OCH3 is 1. The third kappa shape index (κ3) is 5.09. The molecular weight excluding hydrogens is 358 g/mol. The number of nitrogens with one attached hydrogen (secondary N) is 1. The fraction of sp³-hybridized carbons (Fsp3) is 0.286. The van der Waals surface area contributed by atoms with E-state index in [1.54, 1.807) is 13.2 Å². The van der Waals surface area contributed by atoms with Crippen molar-refractivity contribution in [3.05, 3.63) is 54.4 Å². The second-order valence-electron chi connectivity index (χ2n) is 6.07. The van der Waals surface area contributed by atoms with Gasteiger partial charge in [-0.2, -0.15) is 4.98 Å². The van der Waals surface area contributed by atoms with E-state index >= 15 is 0 Å². The van der Waals surface area contributed by atoms with Crippen LogP contribution in [-0.4, -0.2) is 29.8 Å². The Morgan fingerprint density at radius 1 is 1.18 bits per heavy atom. The Morgan fingerprint density at radius 3 is 2.86 bits per heavy atom. The van der Waals surface area contributed by atoms with Crippen molar-refractivity contribution in [2.24, 2.45) is 0 Å². The lowest BCUT2D eigenvalue weighted by atomic mass is 10.2. The number of nitrogens with zero attached hydrogens (tertiary/aromatic N) is 2. The van der Waals surface area contributed by atoms with Gasteiger partial charge >= 0.3 is 0 Å². The average Bonchev–Trinajstić information content (AvgIpc) is 3.17. The van der Waals surface area contributed by atoms with Crippen LogP contribution in [-0.2, 0) is 11.2 Å². The molecule has 0 aliphatic heterocycles. The number of carbonyl (C=O) groups is 1. The van der Waals surface area contributed by atoms with Gasteiger partial charge in [-0.25, -0.2) is 0 Å². The molecule has 146 valence electrons. The number of benzene rings is 2. The number of ether oxygens (including phenoxy) is 2. The molecular formula is C21H23N3O4. The minimum Gasteiger partial charge on any atom is -0.497 e. The fourth-order valence-electron chi connectivity index (χ4n) is 2.72. The summed E-state index contributed by atoms with van der Waals surface area (Å²) in [6, 6.07) is 14.8. The Hall–Kier alpha value is -3.35. The standard InChI is InChI=1S/C21H23N3O4/c1-3-27-18-11-5-4-10-17(18)21-23-20(28-24-21)13-7-12-19(25)22-15-8-6-9-16(14-15)26-2/h4-6,8-11,14H,3,7,12-13H2,1-2H3,(H,22,25). The van der Waals surface area contributed by atoms with Gasteiger partial charge in [-0.1, -0.05) is 23.4 Å². The van der Waals surface area contributed by atoms with Crippen molar-refractivity contribution >= 4 is 11.6 Å². The number of anilines is 1. The highest BCUT2D eigenvalue weighted by Crippen LogP contribution is 2.27. The highest BCUT2D eigenvalue weighted by molar-refractivity contribution is 5.90. The van der Waals surface area contributed by atoms with E-state index in [4.69, 9.17) is 14.0 Å². The largest absolute Gasteiger partial charge is 0.497 e. The minimum absolute atomic E-state index is 0.0744. The van der Waals surface area contributed by atoms with Crippen LogP contribution in [0.15, 0.2) is 53.1 Å². The molecule has 0 unspecified atom stereocenters. The van der Waals surface area contributed by atoms with Crippen LogP contribution in [0.2, 0.25) is 0 Å². The Kier molecular flexibility index (Phi) is 6.62. The number of carbonyl (C=O) groups excluding carboxylic acids is 1. The summed E-state index contributed by atoms with van der Waals surface area (Å²) in [5.41, 5.74) is 1.49. The molecule has 0 bridgehead atoms. The number of aromatic nitrogens is 2. The number of hydrogen-bond acceptors (Lipinski definition) is 6. The molecule has 0 spiro atoms. The van der Waals surface area contributed by atoms with Crippen molar-refractivity contribution in [2.45, 2.75) is 26.2 Å². The number of aryl methyl sites for hydroxylation is 1. The number of hydrogen-bond donors (Lipinski definition) is 1. The maximum atomic E-state index is 12.1. The quantitative estimate of drug-likeness (QED) is 0.600. The van der Waals surface area contributed by atoms with E-state index in [0.717, 1.165) is 11.3 Å². The molecule has 1 aromatic heterocycles. The molecule has 1 amide bonds. The summed E-state index contributed by atoms with van der Waals surface area (Å²) in [4.78, 5) is 16.5. The van der Waals surface area contributed by atoms with Crippen LogP contribution in [0.4, 0.5) is 5.69 Å². The molecule has 7 nitrogen and oxygen atoms in total. The van der Waals surface area contributed by atoms with E-state index in [-0.39, 0.29) is 5.91 Å². The topological polar surface area (TPSA) is 86.5 Å². The summed E-state index contributed by atoms with van der Waals surface area (Å²) < 4.78 is 16.1. The first-order chi connectivity index (χ1) is 13.7. The van der Waals surface area contributed by atoms with Gasteiger partial charge in [0.15, 0.2) is 0 Å². The third-order valence-electron chi connectivity index (χ3n) is 4.04. The molecule has 3 rings (SSSR count). The van der Waals surface area contributed by atoms with Crippen molar-refractivity contribution in [3.8, 4) is 22.9 Å². The van der Waals surface area contributed by atoms with Gasteiger partial charge in [-0.15, -0.1) is 0 Å². The maximum absolute atomic E-state index is 12.1. The van der Waals surface area contributed by atoms with Crippen LogP contribution in [0.5, 0.6) is 11.5 Å². The van der Waals surface area contributed by atoms with Crippen LogP contribution >= 0.6 is 0 Å². The highest BCUT2D eigenvalue weighted by Gasteiger charge is 2.13. The molecule has 0 aliphatic rings. The van der Waals surface area contributed by atoms with Crippen LogP contribution in [0, 0.1) is 0 Å². The van der Waals surface area contributed by atoms with E-state index in [9.17, 15) is 4.79 Å². The van der Waals surface area contributed by atoms with Gasteiger partial charge in [0, 0.05) is 24.6 Å². The lowest BCUT2D eigenvalue weighted by molar-refractivity contribution is -0.116. The average molecular weight is 381 g/mol. The fourth-order valence-corrected chi connectivity index (χ4v) is 2.72. The van der Waals surface area contributed by atoms with Crippen molar-refractivity contribution < 1.29 is 18.8 Å². The Bertz CT molecular complexity index is 923. The molecule has 1 heterocycles. The van der Waals surface area contributed by atoms with E-state index in [2.05, 4.69) is 15.5 Å². The summed E-state index contributed by atoms with van der Waals surface area (Å²) in [6.07, 6.45) is 1.48. The van der Waals surface area contributed by atoms with Gasteiger partial charge in [-0.05, 0) is 37.6 Å². The molecule has 0 atom stereocenters. The Balaban J connectivity index is 1.53. The zero-order valence-corrected chi connectivity index (χ0v) is 16.0. The van der Waals surface area contributed by atoms with Gasteiger partial charge in [0.1, 0.15) is 11.5 Å². The lowest BCUT2D eigenvalue weighted by Gasteiger charge is -2.06. The van der Waals surface area contributed by atoms with Crippen molar-refractivity contribution in [2.75, 3.05) is 19.0 Å². The van der Waals surface area contributed by atoms with Crippen molar-refractivity contribution in [1.82, 2.24) is 10.1 Å². The zero-order chi connectivity index (χ0) is 19.8. The molecule has 0 saturated carbocycles. The molecule has 0 radical (unpaired) electrons. The normalized spacial score (nSPS) is 10.5. The molecule has 0 aliphatic carbocycles. The highest BCUT2D eigenvalue weighted by atomic mass is 16.5. The molecule has 1 N–H and O–H groups in total. The molecule has 0 saturated heterocycles. The number of amides is 1. The maximum Gasteiger partial charge on any atom is 0.226 e. The molecule has 2 aromatic carbocycles. The third-order valence-corrected chi connectivity index (χ3v) is 4.04. The van der Waals surface area contributed by atoms with Crippen molar-refractivity contribution in [1.29, 1.82) is 0 Å². The number of rotatable bonds is 9. The second-order valence-corrected chi connectivity index (χ2v) is 6.07. The predicted molar refractivity (Wildman–Crippen MR) is 105 cm³/mol. The van der Waals surface area contributed by atoms with E-state index < -0.39 is 0 Å². The van der Waals surface area contributed by atoms with Gasteiger partial charge < -0.3 is 19.3 Å². The van der Waals surface area contributed by atoms with Gasteiger partial charge in [-0.3, -0.25) is 4.79 Å². The molecule has 3 aromatic rings. The van der Waals surface area contributed by atoms with Crippen LogP contribution < -0.4 is 14.8 Å². The smallest absolute Gasteiger partial charge is 0.226 e. The SMILES string of the molecule is CCOc1ccccc1-c1noc(CCCC(=O)Nc2cccc(OC)c2)n1. The summed E-state index contributed by atoms with van der Waals surface area (Å²) in [6.45, 7) is 2.49. The first-order valence-corrected chi connectivity index (χ1v) is 9.18. The van der Waals surface area contributed by atoms with E-state index in [1.807, 2.05) is 49.4 Å². The first kappa shape index (κ1) is 19.4. The first-order valence-electron chi connectivity index (χ1n) is 9.18. The molecule has 7 heteroatoms. The summed E-state index contributed by atoms with van der Waals surface area (Å²) in [5, 5.41) is 6.89. The molecule has 0 fully saturated rings. The van der Waals surface area contributed by atoms with Crippen LogP contribution in [0.1, 0.15) is 25.7 Å². The summed E-state index contributed by atoms with van der Waals surface area (Å²) in [7, 11) is 1.59. The van der Waals surface area contributed by atoms with E-state index in [0.29, 0.717) is 49.0 Å². The zero-order valence-electron chi connectivity index (χ0n) is 16.0. The van der Waals surface area contributed by atoms with Gasteiger partial charge in [0.25, 0.3) is 0 Å². The predicted octanol–water partition coefficient (Wildman–Crippen LogP) is 4.11. The monoisotopic (exact) mass is 381 g/mol. The summed E-state index contributed by atoms with van der Waals surface area (Å²) >= 11 is 0.